The molecule has 1 aliphatic carbocycles. The van der Waals surface area contributed by atoms with E-state index in [0.717, 1.165) is 12.1 Å². The van der Waals surface area contributed by atoms with Crippen molar-refractivity contribution < 1.29 is 40.6 Å². The molecular formula is C25H25F6N3O3. The molecule has 0 spiro atoms. The van der Waals surface area contributed by atoms with Gasteiger partial charge in [-0.3, -0.25) is 0 Å². The van der Waals surface area contributed by atoms with E-state index in [4.69, 9.17) is 14.2 Å². The Balaban J connectivity index is 1.56. The van der Waals surface area contributed by atoms with Gasteiger partial charge in [-0.25, -0.2) is 23.1 Å². The largest absolute Gasteiger partial charge is 0.493 e. The number of rotatable bonds is 9. The Morgan fingerprint density at radius 2 is 1.78 bits per heavy atom. The first-order valence-electron chi connectivity index (χ1n) is 11.5. The lowest BCUT2D eigenvalue weighted by molar-refractivity contribution is -0.167. The molecule has 1 atom stereocenters. The lowest BCUT2D eigenvalue weighted by atomic mass is 9.91. The molecule has 6 nitrogen and oxygen atoms in total. The summed E-state index contributed by atoms with van der Waals surface area (Å²) >= 11 is 0. The first-order chi connectivity index (χ1) is 17.3. The Bertz CT molecular complexity index is 1280. The van der Waals surface area contributed by atoms with Crippen LogP contribution >= 0.6 is 0 Å². The van der Waals surface area contributed by atoms with Crippen LogP contribution in [0.4, 0.5) is 32.2 Å². The minimum Gasteiger partial charge on any atom is -0.493 e. The van der Waals surface area contributed by atoms with Gasteiger partial charge in [0.05, 0.1) is 36.9 Å². The van der Waals surface area contributed by atoms with Crippen LogP contribution in [0.5, 0.6) is 11.5 Å². The molecule has 1 saturated carbocycles. The van der Waals surface area contributed by atoms with Crippen molar-refractivity contribution >= 4 is 16.7 Å². The van der Waals surface area contributed by atoms with Gasteiger partial charge in [-0.15, -0.1) is 0 Å². The van der Waals surface area contributed by atoms with Gasteiger partial charge >= 0.3 is 6.18 Å². The third-order valence-corrected chi connectivity index (χ3v) is 5.94. The molecule has 37 heavy (non-hydrogen) atoms. The quantitative estimate of drug-likeness (QED) is 0.253. The highest BCUT2D eigenvalue weighted by Crippen LogP contribution is 2.40. The van der Waals surface area contributed by atoms with E-state index in [1.165, 1.54) is 7.11 Å². The maximum atomic E-state index is 13.9. The lowest BCUT2D eigenvalue weighted by Gasteiger charge is -2.34. The van der Waals surface area contributed by atoms with Crippen LogP contribution in [-0.4, -0.2) is 42.3 Å². The number of benzene rings is 2. The number of fused-ring (bicyclic) bond motifs is 1. The minimum atomic E-state index is -4.69. The number of methoxy groups -OCH3 is 1. The van der Waals surface area contributed by atoms with Crippen LogP contribution in [0, 0.1) is 12.7 Å². The van der Waals surface area contributed by atoms with E-state index in [9.17, 15) is 26.3 Å². The number of ether oxygens (including phenoxy) is 3. The molecule has 1 N–H and O–H groups in total. The summed E-state index contributed by atoms with van der Waals surface area (Å²) in [6, 6.07) is 4.83. The van der Waals surface area contributed by atoms with Crippen molar-refractivity contribution in [3.8, 4) is 11.5 Å². The van der Waals surface area contributed by atoms with Gasteiger partial charge in [0.2, 0.25) is 0 Å². The van der Waals surface area contributed by atoms with E-state index in [0.29, 0.717) is 40.1 Å². The van der Waals surface area contributed by atoms with Crippen molar-refractivity contribution in [1.29, 1.82) is 0 Å². The number of hydrogen-bond acceptors (Lipinski definition) is 6. The third kappa shape index (κ3) is 6.35. The van der Waals surface area contributed by atoms with Crippen molar-refractivity contribution in [3.05, 3.63) is 53.1 Å². The Hall–Kier alpha value is -3.28. The Labute approximate surface area is 209 Å². The topological polar surface area (TPSA) is 65.5 Å². The third-order valence-electron chi connectivity index (χ3n) is 5.94. The Morgan fingerprint density at radius 1 is 1.05 bits per heavy atom. The minimum absolute atomic E-state index is 0.0688. The fourth-order valence-electron chi connectivity index (χ4n) is 4.04. The summed E-state index contributed by atoms with van der Waals surface area (Å²) in [5.41, 5.74) is -0.525. The molecule has 0 bridgehead atoms. The molecule has 1 fully saturated rings. The molecule has 0 unspecified atom stereocenters. The molecule has 0 aliphatic heterocycles. The van der Waals surface area contributed by atoms with E-state index >= 15 is 0 Å². The van der Waals surface area contributed by atoms with Crippen LogP contribution in [0.2, 0.25) is 0 Å². The van der Waals surface area contributed by atoms with Crippen molar-refractivity contribution in [2.45, 2.75) is 50.9 Å². The fourth-order valence-corrected chi connectivity index (χ4v) is 4.04. The van der Waals surface area contributed by atoms with Crippen molar-refractivity contribution in [2.24, 2.45) is 0 Å². The summed E-state index contributed by atoms with van der Waals surface area (Å²) in [6.45, 7) is 3.40. The fraction of sp³-hybridized carbons (Fsp3) is 0.440. The summed E-state index contributed by atoms with van der Waals surface area (Å²) < 4.78 is 95.9. The highest BCUT2D eigenvalue weighted by atomic mass is 19.4. The molecule has 0 radical (unpaired) electrons. The molecule has 4 rings (SSSR count). The molecular weight excluding hydrogens is 504 g/mol. The van der Waals surface area contributed by atoms with E-state index in [1.807, 2.05) is 0 Å². The number of halogens is 6. The zero-order chi connectivity index (χ0) is 27.0. The second-order valence-corrected chi connectivity index (χ2v) is 8.88. The zero-order valence-corrected chi connectivity index (χ0v) is 20.3. The normalized spacial score (nSPS) is 16.4. The van der Waals surface area contributed by atoms with Crippen LogP contribution in [0.3, 0.4) is 0 Å². The Kier molecular flexibility index (Phi) is 7.40. The summed E-state index contributed by atoms with van der Waals surface area (Å²) in [7, 11) is 1.44. The molecule has 1 aromatic heterocycles. The van der Waals surface area contributed by atoms with Gasteiger partial charge in [0, 0.05) is 24.3 Å². The van der Waals surface area contributed by atoms with Gasteiger partial charge in [-0.1, -0.05) is 0 Å². The second-order valence-electron chi connectivity index (χ2n) is 8.88. The maximum Gasteiger partial charge on any atom is 0.416 e. The maximum absolute atomic E-state index is 13.9. The smallest absolute Gasteiger partial charge is 0.416 e. The number of alkyl halides is 5. The molecule has 12 heteroatoms. The average molecular weight is 529 g/mol. The standard InChI is InChI=1S/C25H25F6N3O3/c1-13(15-6-16(25(29,30)31)8-17(26)7-15)32-23-19-9-22(21(35-3)10-20(19)33-14(2)34-23)37-5-4-36-18-11-24(27,28)12-18/h6-10,13,18H,4-5,11-12H2,1-3H3,(H,32,33,34)/t13-/m1/s1. The van der Waals surface area contributed by atoms with E-state index in [2.05, 4.69) is 15.3 Å². The van der Waals surface area contributed by atoms with Crippen LogP contribution in [0.15, 0.2) is 30.3 Å². The highest BCUT2D eigenvalue weighted by molar-refractivity contribution is 5.92. The van der Waals surface area contributed by atoms with Gasteiger partial charge < -0.3 is 19.5 Å². The average Bonchev–Trinajstić information content (AvgIpc) is 2.79. The number of anilines is 1. The predicted molar refractivity (Wildman–Crippen MR) is 124 cm³/mol. The van der Waals surface area contributed by atoms with Crippen molar-refractivity contribution in [1.82, 2.24) is 9.97 Å². The number of nitrogens with zero attached hydrogens (tertiary/aromatic N) is 2. The summed E-state index contributed by atoms with van der Waals surface area (Å²) in [6.07, 6.45) is -5.83. The van der Waals surface area contributed by atoms with Gasteiger partial charge in [-0.05, 0) is 43.7 Å². The SMILES string of the molecule is COc1cc2nc(C)nc(N[C@H](C)c3cc(F)cc(C(F)(F)F)c3)c2cc1OCCOC1CC(F)(F)C1. The monoisotopic (exact) mass is 529 g/mol. The van der Waals surface area contributed by atoms with Gasteiger partial charge in [-0.2, -0.15) is 13.2 Å². The van der Waals surface area contributed by atoms with Crippen molar-refractivity contribution in [3.63, 3.8) is 0 Å². The van der Waals surface area contributed by atoms with Gasteiger partial charge in [0.25, 0.3) is 5.92 Å². The molecule has 0 saturated heterocycles. The summed E-state index contributed by atoms with van der Waals surface area (Å²) in [5, 5.41) is 3.53. The van der Waals surface area contributed by atoms with Crippen molar-refractivity contribution in [2.75, 3.05) is 25.6 Å². The molecule has 1 heterocycles. The number of hydrogen-bond donors (Lipinski definition) is 1. The number of nitrogens with one attached hydrogen (secondary N) is 1. The number of aryl methyl sites for hydroxylation is 1. The van der Waals surface area contributed by atoms with Gasteiger partial charge in [0.1, 0.15) is 24.1 Å². The van der Waals surface area contributed by atoms with Crippen LogP contribution in [0.1, 0.15) is 42.8 Å². The molecule has 3 aromatic rings. The number of aromatic nitrogens is 2. The predicted octanol–water partition coefficient (Wildman–Crippen LogP) is 6.47. The first kappa shape index (κ1) is 26.8. The van der Waals surface area contributed by atoms with Gasteiger partial charge in [0.15, 0.2) is 11.5 Å². The second kappa shape index (κ2) is 10.2. The van der Waals surface area contributed by atoms with E-state index in [-0.39, 0.29) is 31.6 Å². The highest BCUT2D eigenvalue weighted by Gasteiger charge is 2.46. The molecule has 200 valence electrons. The lowest BCUT2D eigenvalue weighted by Crippen LogP contribution is -2.41. The Morgan fingerprint density at radius 3 is 2.43 bits per heavy atom. The molecule has 0 amide bonds. The van der Waals surface area contributed by atoms with E-state index < -0.39 is 35.6 Å². The summed E-state index contributed by atoms with van der Waals surface area (Å²) in [4.78, 5) is 8.77. The van der Waals surface area contributed by atoms with E-state index in [1.54, 1.807) is 26.0 Å². The van der Waals surface area contributed by atoms with Crippen LogP contribution < -0.4 is 14.8 Å². The molecule has 2 aromatic carbocycles. The zero-order valence-electron chi connectivity index (χ0n) is 20.3. The van der Waals surface area contributed by atoms with Crippen LogP contribution in [-0.2, 0) is 10.9 Å². The summed E-state index contributed by atoms with van der Waals surface area (Å²) in [5.74, 6) is -2.32. The first-order valence-corrected chi connectivity index (χ1v) is 11.5. The molecule has 1 aliphatic rings. The van der Waals surface area contributed by atoms with Crippen LogP contribution in [0.25, 0.3) is 10.9 Å².